The predicted octanol–water partition coefficient (Wildman–Crippen LogP) is 7.14. The van der Waals surface area contributed by atoms with E-state index in [1.807, 2.05) is 19.1 Å². The van der Waals surface area contributed by atoms with Crippen molar-refractivity contribution < 1.29 is 9.18 Å². The Morgan fingerprint density at radius 3 is 2.29 bits per heavy atom. The van der Waals surface area contributed by atoms with Crippen molar-refractivity contribution in [3.63, 3.8) is 0 Å². The van der Waals surface area contributed by atoms with Crippen molar-refractivity contribution in [1.82, 2.24) is 0 Å². The van der Waals surface area contributed by atoms with E-state index < -0.39 is 0 Å². The molecule has 0 unspecified atom stereocenters. The van der Waals surface area contributed by atoms with Gasteiger partial charge in [-0.1, -0.05) is 74.4 Å². The third-order valence-corrected chi connectivity index (χ3v) is 5.59. The summed E-state index contributed by atoms with van der Waals surface area (Å²) in [5, 5.41) is 0. The first-order valence-corrected chi connectivity index (χ1v) is 9.90. The van der Waals surface area contributed by atoms with Crippen LogP contribution in [0.15, 0.2) is 65.8 Å². The molecular formula is C26H31FO. The standard InChI is InChI=1S/C26H31FO/c1-7-24(26(5,6)22-13-9-8-10-14-22)18(2)12-11-15-23-19(3)16-21(20(4)28)17-25(23)27/h8-14,16-17H,7,15H2,1-6H3/b12-11+,24-18+. The van der Waals surface area contributed by atoms with E-state index in [-0.39, 0.29) is 17.0 Å². The molecule has 28 heavy (non-hydrogen) atoms. The molecule has 0 N–H and O–H groups in total. The molecule has 0 heterocycles. The summed E-state index contributed by atoms with van der Waals surface area (Å²) in [5.41, 5.74) is 5.72. The van der Waals surface area contributed by atoms with Crippen LogP contribution in [-0.4, -0.2) is 5.78 Å². The SMILES string of the molecule is CC/C(=C(C)\C=C\Cc1c(C)cc(C(C)=O)cc1F)C(C)(C)c1ccccc1. The molecule has 0 saturated carbocycles. The fourth-order valence-electron chi connectivity index (χ4n) is 3.93. The summed E-state index contributed by atoms with van der Waals surface area (Å²) in [5.74, 6) is -0.421. The summed E-state index contributed by atoms with van der Waals surface area (Å²) in [4.78, 5) is 11.5. The van der Waals surface area contributed by atoms with E-state index in [0.717, 1.165) is 12.0 Å². The second-order valence-electron chi connectivity index (χ2n) is 7.92. The van der Waals surface area contributed by atoms with Crippen LogP contribution in [-0.2, 0) is 11.8 Å². The number of hydrogen-bond acceptors (Lipinski definition) is 1. The highest BCUT2D eigenvalue weighted by molar-refractivity contribution is 5.94. The maximum Gasteiger partial charge on any atom is 0.159 e. The number of Topliss-reactive ketones (excluding diaryl/α,β-unsaturated/α-hetero) is 1. The molecule has 0 aliphatic carbocycles. The van der Waals surface area contributed by atoms with Gasteiger partial charge in [-0.3, -0.25) is 4.79 Å². The Labute approximate surface area is 169 Å². The molecule has 0 aromatic heterocycles. The van der Waals surface area contributed by atoms with Crippen LogP contribution in [0.4, 0.5) is 4.39 Å². The highest BCUT2D eigenvalue weighted by Crippen LogP contribution is 2.35. The summed E-state index contributed by atoms with van der Waals surface area (Å²) >= 11 is 0. The molecule has 0 aliphatic rings. The summed E-state index contributed by atoms with van der Waals surface area (Å²) in [6, 6.07) is 13.6. The Morgan fingerprint density at radius 2 is 1.75 bits per heavy atom. The van der Waals surface area contributed by atoms with Gasteiger partial charge in [0, 0.05) is 11.0 Å². The highest BCUT2D eigenvalue weighted by Gasteiger charge is 2.25. The van der Waals surface area contributed by atoms with Crippen molar-refractivity contribution >= 4 is 5.78 Å². The van der Waals surface area contributed by atoms with Gasteiger partial charge in [0.1, 0.15) is 5.82 Å². The molecule has 0 atom stereocenters. The zero-order valence-corrected chi connectivity index (χ0v) is 17.9. The fourth-order valence-corrected chi connectivity index (χ4v) is 3.93. The second-order valence-corrected chi connectivity index (χ2v) is 7.92. The van der Waals surface area contributed by atoms with Crippen molar-refractivity contribution in [2.24, 2.45) is 0 Å². The van der Waals surface area contributed by atoms with Gasteiger partial charge in [0.05, 0.1) is 0 Å². The van der Waals surface area contributed by atoms with Gasteiger partial charge >= 0.3 is 0 Å². The number of allylic oxidation sites excluding steroid dienone is 4. The molecule has 0 aliphatic heterocycles. The van der Waals surface area contributed by atoms with Crippen LogP contribution in [0.25, 0.3) is 0 Å². The largest absolute Gasteiger partial charge is 0.295 e. The Balaban J connectivity index is 2.28. The van der Waals surface area contributed by atoms with Gasteiger partial charge in [-0.2, -0.15) is 0 Å². The molecule has 0 amide bonds. The Hall–Kier alpha value is -2.48. The number of hydrogen-bond donors (Lipinski definition) is 0. The highest BCUT2D eigenvalue weighted by atomic mass is 19.1. The quantitative estimate of drug-likeness (QED) is 0.370. The number of carbonyl (C=O) groups is 1. The van der Waals surface area contributed by atoms with Gasteiger partial charge < -0.3 is 0 Å². The van der Waals surface area contributed by atoms with Crippen LogP contribution in [0.1, 0.15) is 68.1 Å². The van der Waals surface area contributed by atoms with E-state index in [1.54, 1.807) is 6.07 Å². The van der Waals surface area contributed by atoms with Crippen LogP contribution < -0.4 is 0 Å². The number of ketones is 1. The van der Waals surface area contributed by atoms with Gasteiger partial charge in [0.15, 0.2) is 5.78 Å². The Bertz CT molecular complexity index is 878. The minimum Gasteiger partial charge on any atom is -0.295 e. The van der Waals surface area contributed by atoms with Gasteiger partial charge in [0.2, 0.25) is 0 Å². The summed E-state index contributed by atoms with van der Waals surface area (Å²) in [7, 11) is 0. The van der Waals surface area contributed by atoms with Crippen LogP contribution in [0, 0.1) is 12.7 Å². The van der Waals surface area contributed by atoms with Crippen LogP contribution in [0.5, 0.6) is 0 Å². The molecule has 0 radical (unpaired) electrons. The molecule has 0 saturated heterocycles. The number of aryl methyl sites for hydroxylation is 1. The number of rotatable bonds is 7. The maximum absolute atomic E-state index is 14.4. The molecule has 1 nitrogen and oxygen atoms in total. The van der Waals surface area contributed by atoms with Gasteiger partial charge in [0.25, 0.3) is 0 Å². The predicted molar refractivity (Wildman–Crippen MR) is 116 cm³/mol. The average Bonchev–Trinajstić information content (AvgIpc) is 2.64. The zero-order chi connectivity index (χ0) is 20.9. The lowest BCUT2D eigenvalue weighted by Gasteiger charge is -2.30. The van der Waals surface area contributed by atoms with E-state index in [1.165, 1.54) is 29.7 Å². The smallest absolute Gasteiger partial charge is 0.159 e. The maximum atomic E-state index is 14.4. The van der Waals surface area contributed by atoms with Crippen molar-refractivity contribution in [3.05, 3.63) is 93.8 Å². The molecule has 2 aromatic rings. The summed E-state index contributed by atoms with van der Waals surface area (Å²) in [6.45, 7) is 12.1. The van der Waals surface area contributed by atoms with Crippen molar-refractivity contribution in [2.75, 3.05) is 0 Å². The first kappa shape index (κ1) is 21.8. The lowest BCUT2D eigenvalue weighted by Crippen LogP contribution is -2.21. The molecule has 2 aromatic carbocycles. The number of carbonyl (C=O) groups excluding carboxylic acids is 1. The topological polar surface area (TPSA) is 17.1 Å². The van der Waals surface area contributed by atoms with E-state index in [9.17, 15) is 9.18 Å². The molecule has 0 bridgehead atoms. The first-order valence-electron chi connectivity index (χ1n) is 9.90. The van der Waals surface area contributed by atoms with Crippen LogP contribution in [0.3, 0.4) is 0 Å². The normalized spacial score (nSPS) is 13.0. The van der Waals surface area contributed by atoms with E-state index in [4.69, 9.17) is 0 Å². The van der Waals surface area contributed by atoms with E-state index in [2.05, 4.69) is 58.0 Å². The lowest BCUT2D eigenvalue weighted by molar-refractivity contribution is 0.101. The molecule has 0 fully saturated rings. The van der Waals surface area contributed by atoms with E-state index >= 15 is 0 Å². The van der Waals surface area contributed by atoms with Gasteiger partial charge in [-0.05, 0) is 62.4 Å². The fraction of sp³-hybridized carbons (Fsp3) is 0.346. The molecule has 0 spiro atoms. The molecule has 148 valence electrons. The molecule has 2 rings (SSSR count). The monoisotopic (exact) mass is 378 g/mol. The van der Waals surface area contributed by atoms with Gasteiger partial charge in [-0.15, -0.1) is 0 Å². The third-order valence-electron chi connectivity index (χ3n) is 5.59. The summed E-state index contributed by atoms with van der Waals surface area (Å²) in [6.07, 6.45) is 5.58. The van der Waals surface area contributed by atoms with E-state index in [0.29, 0.717) is 17.5 Å². The minimum atomic E-state index is -0.309. The third kappa shape index (κ3) is 4.86. The van der Waals surface area contributed by atoms with Crippen LogP contribution in [0.2, 0.25) is 0 Å². The van der Waals surface area contributed by atoms with Crippen molar-refractivity contribution in [3.8, 4) is 0 Å². The van der Waals surface area contributed by atoms with Crippen molar-refractivity contribution in [1.29, 1.82) is 0 Å². The second kappa shape index (κ2) is 9.14. The molecule has 2 heteroatoms. The lowest BCUT2D eigenvalue weighted by atomic mass is 9.74. The van der Waals surface area contributed by atoms with Crippen molar-refractivity contribution in [2.45, 2.75) is 59.8 Å². The number of benzene rings is 2. The Kier molecular flexibility index (Phi) is 7.12. The average molecular weight is 379 g/mol. The molecular weight excluding hydrogens is 347 g/mol. The van der Waals surface area contributed by atoms with Gasteiger partial charge in [-0.25, -0.2) is 4.39 Å². The first-order chi connectivity index (χ1) is 13.2. The zero-order valence-electron chi connectivity index (χ0n) is 17.9. The number of halogens is 1. The summed E-state index contributed by atoms with van der Waals surface area (Å²) < 4.78 is 14.4. The Morgan fingerprint density at radius 1 is 1.11 bits per heavy atom. The van der Waals surface area contributed by atoms with Crippen LogP contribution >= 0.6 is 0 Å². The minimum absolute atomic E-state index is 0.0608.